The molecule has 0 heterocycles. The monoisotopic (exact) mass is 638 g/mol. The first-order chi connectivity index (χ1) is 21.1. The van der Waals surface area contributed by atoms with E-state index in [0.29, 0.717) is 11.1 Å². The van der Waals surface area contributed by atoms with Gasteiger partial charge in [-0.15, -0.1) is 0 Å². The van der Waals surface area contributed by atoms with Crippen molar-refractivity contribution >= 4 is 19.7 Å². The third-order valence-electron chi connectivity index (χ3n) is 7.02. The van der Waals surface area contributed by atoms with Crippen molar-refractivity contribution in [3.63, 3.8) is 0 Å². The van der Waals surface area contributed by atoms with Gasteiger partial charge in [-0.3, -0.25) is 0 Å². The lowest BCUT2D eigenvalue weighted by atomic mass is 10.0. The first-order valence-corrected chi connectivity index (χ1v) is 17.9. The maximum Gasteiger partial charge on any atom is 0.157 e. The minimum absolute atomic E-state index is 0.0298. The lowest BCUT2D eigenvalue weighted by Gasteiger charge is -2.32. The number of sulfone groups is 2. The van der Waals surface area contributed by atoms with Gasteiger partial charge in [0.2, 0.25) is 0 Å². The Kier molecular flexibility index (Phi) is 12.2. The summed E-state index contributed by atoms with van der Waals surface area (Å²) in [6.07, 6.45) is -6.31. The van der Waals surface area contributed by atoms with Crippen molar-refractivity contribution in [3.05, 3.63) is 144 Å². The van der Waals surface area contributed by atoms with Gasteiger partial charge in [-0.2, -0.15) is 0 Å². The zero-order valence-electron chi connectivity index (χ0n) is 24.3. The summed E-state index contributed by atoms with van der Waals surface area (Å²) in [4.78, 5) is 0. The van der Waals surface area contributed by atoms with E-state index in [1.165, 1.54) is 0 Å². The van der Waals surface area contributed by atoms with Gasteiger partial charge in [-0.05, 0) is 22.3 Å². The Morgan fingerprint density at radius 2 is 0.727 bits per heavy atom. The molecule has 0 radical (unpaired) electrons. The molecule has 0 aliphatic carbocycles. The molecule has 0 spiro atoms. The predicted molar refractivity (Wildman–Crippen MR) is 170 cm³/mol. The highest BCUT2D eigenvalue weighted by molar-refractivity contribution is 7.90. The highest BCUT2D eigenvalue weighted by Crippen LogP contribution is 2.20. The van der Waals surface area contributed by atoms with Gasteiger partial charge in [0.05, 0.1) is 36.2 Å². The number of aliphatic hydroxyl groups is 2. The molecule has 0 fully saturated rings. The minimum Gasteiger partial charge on any atom is -0.388 e. The van der Waals surface area contributed by atoms with Gasteiger partial charge in [-0.1, -0.05) is 121 Å². The maximum absolute atomic E-state index is 13.3. The third kappa shape index (κ3) is 11.0. The van der Waals surface area contributed by atoms with Crippen LogP contribution < -0.4 is 0 Å². The number of hydrogen-bond acceptors (Lipinski definition) is 8. The molecular weight excluding hydrogens is 601 g/mol. The largest absolute Gasteiger partial charge is 0.388 e. The summed E-state index contributed by atoms with van der Waals surface area (Å²) in [5.74, 6) is -1.78. The van der Waals surface area contributed by atoms with Crippen molar-refractivity contribution in [3.8, 4) is 0 Å². The topological polar surface area (TPSA) is 127 Å². The number of rotatable bonds is 17. The van der Waals surface area contributed by atoms with Crippen LogP contribution in [0.4, 0.5) is 0 Å². The van der Waals surface area contributed by atoms with E-state index in [9.17, 15) is 27.0 Å². The zero-order chi connectivity index (χ0) is 31.4. The van der Waals surface area contributed by atoms with Crippen LogP contribution in [0.2, 0.25) is 0 Å². The average Bonchev–Trinajstić information content (AvgIpc) is 3.02. The third-order valence-corrected chi connectivity index (χ3v) is 10.2. The van der Waals surface area contributed by atoms with Gasteiger partial charge >= 0.3 is 0 Å². The first-order valence-electron chi connectivity index (χ1n) is 14.3. The molecule has 0 aliphatic rings. The molecule has 0 unspecified atom stereocenters. The van der Waals surface area contributed by atoms with E-state index >= 15 is 0 Å². The summed E-state index contributed by atoms with van der Waals surface area (Å²) in [7, 11) is -7.66. The van der Waals surface area contributed by atoms with Crippen LogP contribution in [0, 0.1) is 0 Å². The van der Waals surface area contributed by atoms with Crippen molar-refractivity contribution in [2.24, 2.45) is 0 Å². The van der Waals surface area contributed by atoms with Crippen molar-refractivity contribution in [1.82, 2.24) is 0 Å². The summed E-state index contributed by atoms with van der Waals surface area (Å²) < 4.78 is 64.9. The SMILES string of the molecule is O=S(=O)(Cc1ccccc1)C[C@@H](OCc1ccccc1)[C@@H](O)[C@H](O)[C@@H](CS(=O)(=O)Cc1ccccc1)OCc1ccccc1. The molecule has 4 atom stereocenters. The normalized spacial score (nSPS) is 14.9. The van der Waals surface area contributed by atoms with E-state index in [2.05, 4.69) is 0 Å². The van der Waals surface area contributed by atoms with Gasteiger partial charge in [0.25, 0.3) is 0 Å². The molecule has 44 heavy (non-hydrogen) atoms. The van der Waals surface area contributed by atoms with Crippen LogP contribution in [-0.2, 0) is 53.9 Å². The van der Waals surface area contributed by atoms with E-state index in [-0.39, 0.29) is 24.7 Å². The molecule has 4 aromatic rings. The highest BCUT2D eigenvalue weighted by atomic mass is 32.2. The van der Waals surface area contributed by atoms with E-state index in [1.54, 1.807) is 109 Å². The molecule has 4 aromatic carbocycles. The summed E-state index contributed by atoms with van der Waals surface area (Å²) in [6, 6.07) is 35.3. The van der Waals surface area contributed by atoms with Gasteiger partial charge in [0, 0.05) is 0 Å². The Bertz CT molecular complexity index is 1490. The van der Waals surface area contributed by atoms with Crippen LogP contribution in [0.5, 0.6) is 0 Å². The minimum atomic E-state index is -3.83. The molecular formula is C34H38O8S2. The smallest absolute Gasteiger partial charge is 0.157 e. The van der Waals surface area contributed by atoms with Crippen molar-refractivity contribution in [2.75, 3.05) is 11.5 Å². The quantitative estimate of drug-likeness (QED) is 0.177. The van der Waals surface area contributed by atoms with Gasteiger partial charge in [-0.25, -0.2) is 16.8 Å². The number of benzene rings is 4. The van der Waals surface area contributed by atoms with Crippen LogP contribution >= 0.6 is 0 Å². The Morgan fingerprint density at radius 1 is 0.455 bits per heavy atom. The molecule has 0 aromatic heterocycles. The van der Waals surface area contributed by atoms with Gasteiger partial charge in [0.15, 0.2) is 19.7 Å². The molecule has 0 saturated carbocycles. The molecule has 234 valence electrons. The van der Waals surface area contributed by atoms with E-state index in [0.717, 1.165) is 11.1 Å². The number of aliphatic hydroxyl groups excluding tert-OH is 2. The number of ether oxygens (including phenoxy) is 2. The van der Waals surface area contributed by atoms with Gasteiger partial charge in [0.1, 0.15) is 24.4 Å². The van der Waals surface area contributed by atoms with Gasteiger partial charge < -0.3 is 19.7 Å². The predicted octanol–water partition coefficient (Wildman–Crippen LogP) is 4.11. The molecule has 0 amide bonds. The summed E-state index contributed by atoms with van der Waals surface area (Å²) >= 11 is 0. The average molecular weight is 639 g/mol. The fourth-order valence-electron chi connectivity index (χ4n) is 4.76. The fraction of sp³-hybridized carbons (Fsp3) is 0.294. The molecule has 10 heteroatoms. The lowest BCUT2D eigenvalue weighted by Crippen LogP contribution is -2.50. The molecule has 0 aliphatic heterocycles. The first kappa shape index (κ1) is 33.5. The highest BCUT2D eigenvalue weighted by Gasteiger charge is 2.38. The van der Waals surface area contributed by atoms with Crippen LogP contribution in [-0.4, -0.2) is 63.0 Å². The van der Waals surface area contributed by atoms with E-state index in [1.807, 2.05) is 12.1 Å². The molecule has 0 bridgehead atoms. The summed E-state index contributed by atoms with van der Waals surface area (Å²) in [5, 5.41) is 22.8. The fourth-order valence-corrected chi connectivity index (χ4v) is 7.98. The van der Waals surface area contributed by atoms with Crippen LogP contribution in [0.15, 0.2) is 121 Å². The summed E-state index contributed by atoms with van der Waals surface area (Å²) in [6.45, 7) is -0.0595. The molecule has 4 rings (SSSR count). The van der Waals surface area contributed by atoms with E-state index in [4.69, 9.17) is 9.47 Å². The molecule has 2 N–H and O–H groups in total. The second-order valence-corrected chi connectivity index (χ2v) is 14.9. The Balaban J connectivity index is 1.57. The second-order valence-electron chi connectivity index (χ2n) is 10.7. The maximum atomic E-state index is 13.3. The van der Waals surface area contributed by atoms with Crippen molar-refractivity contribution in [2.45, 2.75) is 49.1 Å². The number of hydrogen-bond donors (Lipinski definition) is 2. The standard InChI is InChI=1S/C34H38O8S2/c35-33(31(41-21-27-13-5-1-6-14-27)25-43(37,38)23-29-17-9-3-10-18-29)34(36)32(42-22-28-15-7-2-8-16-28)26-44(39,40)24-30-19-11-4-12-20-30/h1-20,31-36H,21-26H2/t31-,32-,33-,34-/m1/s1. The summed E-state index contributed by atoms with van der Waals surface area (Å²) in [5.41, 5.74) is 2.62. The van der Waals surface area contributed by atoms with Crippen LogP contribution in [0.3, 0.4) is 0 Å². The zero-order valence-corrected chi connectivity index (χ0v) is 25.9. The van der Waals surface area contributed by atoms with Crippen molar-refractivity contribution in [1.29, 1.82) is 0 Å². The molecule has 8 nitrogen and oxygen atoms in total. The van der Waals surface area contributed by atoms with Crippen molar-refractivity contribution < 1.29 is 36.5 Å². The van der Waals surface area contributed by atoms with Crippen LogP contribution in [0.25, 0.3) is 0 Å². The Hall–Kier alpha value is -3.38. The van der Waals surface area contributed by atoms with Crippen LogP contribution in [0.1, 0.15) is 22.3 Å². The second kappa shape index (κ2) is 16.1. The lowest BCUT2D eigenvalue weighted by molar-refractivity contribution is -0.132. The Morgan fingerprint density at radius 3 is 1.02 bits per heavy atom. The van der Waals surface area contributed by atoms with E-state index < -0.39 is 55.6 Å². The Labute approximate surface area is 259 Å². The molecule has 0 saturated heterocycles.